The Labute approximate surface area is 280 Å². The van der Waals surface area contributed by atoms with Crippen LogP contribution < -0.4 is 16.0 Å². The number of carbonyl (C=O) groups excluding carboxylic acids is 3. The van der Waals surface area contributed by atoms with Crippen molar-refractivity contribution in [3.63, 3.8) is 0 Å². The van der Waals surface area contributed by atoms with E-state index in [9.17, 15) is 33.9 Å². The molecule has 47 heavy (non-hydrogen) atoms. The van der Waals surface area contributed by atoms with E-state index in [0.29, 0.717) is 32.2 Å². The van der Waals surface area contributed by atoms with Crippen LogP contribution in [-0.2, 0) is 28.8 Å². The van der Waals surface area contributed by atoms with Crippen LogP contribution in [0, 0.1) is 11.8 Å². The lowest BCUT2D eigenvalue weighted by atomic mass is 9.81. The van der Waals surface area contributed by atoms with Gasteiger partial charge in [0.25, 0.3) is 0 Å². The third kappa shape index (κ3) is 23.7. The van der Waals surface area contributed by atoms with E-state index in [1.807, 2.05) is 0 Å². The number of carbonyl (C=O) groups is 6. The zero-order valence-corrected chi connectivity index (χ0v) is 28.4. The summed E-state index contributed by atoms with van der Waals surface area (Å²) in [7, 11) is 0. The zero-order valence-electron chi connectivity index (χ0n) is 28.4. The summed E-state index contributed by atoms with van der Waals surface area (Å²) in [6.45, 7) is 0.0449. The maximum absolute atomic E-state index is 12.7. The fraction of sp³-hybridized carbons (Fsp3) is 0.829. The molecule has 1 aliphatic carbocycles. The molecular formula is C35H61N3O9. The highest BCUT2D eigenvalue weighted by Crippen LogP contribution is 2.29. The molecule has 1 unspecified atom stereocenters. The first-order valence-electron chi connectivity index (χ1n) is 18.1. The van der Waals surface area contributed by atoms with Crippen LogP contribution in [0.5, 0.6) is 0 Å². The normalized spacial score (nSPS) is 16.6. The molecule has 0 radical (unpaired) electrons. The quantitative estimate of drug-likeness (QED) is 0.0552. The number of hydrogen-bond donors (Lipinski definition) is 6. The summed E-state index contributed by atoms with van der Waals surface area (Å²) in [6.07, 6.45) is 22.1. The summed E-state index contributed by atoms with van der Waals surface area (Å²) in [5.41, 5.74) is 0. The molecule has 1 atom stereocenters. The summed E-state index contributed by atoms with van der Waals surface area (Å²) in [5.74, 6) is -4.02. The smallest absolute Gasteiger partial charge is 0.326 e. The Morgan fingerprint density at radius 2 is 0.979 bits per heavy atom. The number of amides is 3. The minimum Gasteiger partial charge on any atom is -0.481 e. The SMILES string of the molecule is O=C(O)CCCCCCCCCCCCCCCCCCC(=O)NCC1CCC(C(=O)NC(CCC(=O)NCC(=O)O)C(=O)O)CC1. The second-order valence-corrected chi connectivity index (χ2v) is 13.2. The Morgan fingerprint density at radius 3 is 1.43 bits per heavy atom. The van der Waals surface area contributed by atoms with Crippen LogP contribution in [0.3, 0.4) is 0 Å². The molecule has 3 amide bonds. The van der Waals surface area contributed by atoms with Gasteiger partial charge >= 0.3 is 17.9 Å². The minimum atomic E-state index is -1.24. The highest BCUT2D eigenvalue weighted by molar-refractivity contribution is 5.86. The third-order valence-electron chi connectivity index (χ3n) is 9.06. The van der Waals surface area contributed by atoms with Crippen molar-refractivity contribution in [2.75, 3.05) is 13.1 Å². The van der Waals surface area contributed by atoms with Gasteiger partial charge in [0.1, 0.15) is 12.6 Å². The number of unbranched alkanes of at least 4 members (excludes halogenated alkanes) is 15. The van der Waals surface area contributed by atoms with Crippen molar-refractivity contribution in [3.05, 3.63) is 0 Å². The van der Waals surface area contributed by atoms with E-state index >= 15 is 0 Å². The monoisotopic (exact) mass is 667 g/mol. The predicted octanol–water partition coefficient (Wildman–Crippen LogP) is 5.57. The van der Waals surface area contributed by atoms with Gasteiger partial charge in [-0.15, -0.1) is 0 Å². The highest BCUT2D eigenvalue weighted by atomic mass is 16.4. The first-order chi connectivity index (χ1) is 22.6. The molecule has 0 aromatic carbocycles. The Morgan fingerprint density at radius 1 is 0.532 bits per heavy atom. The average Bonchev–Trinajstić information content (AvgIpc) is 3.03. The second kappa shape index (κ2) is 26.8. The van der Waals surface area contributed by atoms with Crippen molar-refractivity contribution in [2.45, 2.75) is 160 Å². The predicted molar refractivity (Wildman–Crippen MR) is 179 cm³/mol. The molecule has 1 rings (SSSR count). The lowest BCUT2D eigenvalue weighted by Gasteiger charge is -2.28. The molecule has 270 valence electrons. The fourth-order valence-electron chi connectivity index (χ4n) is 6.10. The number of carboxylic acids is 3. The molecule has 1 aliphatic rings. The fourth-order valence-corrected chi connectivity index (χ4v) is 6.10. The molecule has 1 fully saturated rings. The van der Waals surface area contributed by atoms with Crippen LogP contribution in [0.25, 0.3) is 0 Å². The molecule has 0 saturated heterocycles. The maximum atomic E-state index is 12.7. The number of rotatable bonds is 29. The first-order valence-corrected chi connectivity index (χ1v) is 18.1. The van der Waals surface area contributed by atoms with Gasteiger partial charge in [0.15, 0.2) is 0 Å². The lowest BCUT2D eigenvalue weighted by Crippen LogP contribution is -2.45. The van der Waals surface area contributed by atoms with E-state index < -0.39 is 36.4 Å². The molecule has 1 saturated carbocycles. The van der Waals surface area contributed by atoms with Crippen molar-refractivity contribution >= 4 is 35.6 Å². The molecule has 0 bridgehead atoms. The Balaban J connectivity index is 1.99. The third-order valence-corrected chi connectivity index (χ3v) is 9.06. The van der Waals surface area contributed by atoms with E-state index in [1.54, 1.807) is 0 Å². The van der Waals surface area contributed by atoms with Crippen LogP contribution in [0.4, 0.5) is 0 Å². The number of carboxylic acid groups (broad SMARTS) is 3. The summed E-state index contributed by atoms with van der Waals surface area (Å²) >= 11 is 0. The van der Waals surface area contributed by atoms with Crippen molar-refractivity contribution in [1.29, 1.82) is 0 Å². The van der Waals surface area contributed by atoms with Gasteiger partial charge in [-0.05, 0) is 50.9 Å². The van der Waals surface area contributed by atoms with Crippen molar-refractivity contribution in [2.24, 2.45) is 11.8 Å². The van der Waals surface area contributed by atoms with Crippen LogP contribution in [-0.4, -0.2) is 70.1 Å². The van der Waals surface area contributed by atoms with Crippen LogP contribution in [0.15, 0.2) is 0 Å². The van der Waals surface area contributed by atoms with E-state index in [0.717, 1.165) is 51.4 Å². The zero-order chi connectivity index (χ0) is 34.7. The summed E-state index contributed by atoms with van der Waals surface area (Å²) < 4.78 is 0. The molecule has 12 heteroatoms. The molecular weight excluding hydrogens is 606 g/mol. The largest absolute Gasteiger partial charge is 0.481 e. The Kier molecular flexibility index (Phi) is 23.9. The molecule has 6 N–H and O–H groups in total. The Bertz CT molecular complexity index is 935. The Hall–Kier alpha value is -3.18. The van der Waals surface area contributed by atoms with Gasteiger partial charge in [-0.1, -0.05) is 89.9 Å². The minimum absolute atomic E-state index is 0.0692. The molecule has 0 heterocycles. The van der Waals surface area contributed by atoms with Gasteiger partial charge < -0.3 is 31.3 Å². The molecule has 0 spiro atoms. The molecule has 0 aliphatic heterocycles. The van der Waals surface area contributed by atoms with E-state index in [4.69, 9.17) is 10.2 Å². The van der Waals surface area contributed by atoms with Crippen molar-refractivity contribution in [3.8, 4) is 0 Å². The van der Waals surface area contributed by atoms with Gasteiger partial charge in [-0.3, -0.25) is 24.0 Å². The average molecular weight is 668 g/mol. The van der Waals surface area contributed by atoms with E-state index in [1.165, 1.54) is 64.2 Å². The van der Waals surface area contributed by atoms with Crippen LogP contribution in [0.1, 0.15) is 154 Å². The first kappa shape index (κ1) is 41.8. The highest BCUT2D eigenvalue weighted by Gasteiger charge is 2.29. The van der Waals surface area contributed by atoms with E-state index in [2.05, 4.69) is 16.0 Å². The topological polar surface area (TPSA) is 199 Å². The summed E-state index contributed by atoms with van der Waals surface area (Å²) in [5, 5.41) is 34.4. The van der Waals surface area contributed by atoms with Gasteiger partial charge in [0.05, 0.1) is 0 Å². The van der Waals surface area contributed by atoms with Crippen molar-refractivity contribution in [1.82, 2.24) is 16.0 Å². The van der Waals surface area contributed by atoms with E-state index in [-0.39, 0.29) is 36.5 Å². The number of aliphatic carboxylic acids is 3. The van der Waals surface area contributed by atoms with Gasteiger partial charge in [-0.2, -0.15) is 0 Å². The maximum Gasteiger partial charge on any atom is 0.326 e. The molecule has 0 aromatic rings. The van der Waals surface area contributed by atoms with Crippen LogP contribution >= 0.6 is 0 Å². The number of nitrogens with one attached hydrogen (secondary N) is 3. The summed E-state index contributed by atoms with van der Waals surface area (Å²) in [4.78, 5) is 69.2. The second-order valence-electron chi connectivity index (χ2n) is 13.2. The standard InChI is InChI=1S/C35H61N3O9/c39-30(17-15-13-11-9-7-5-3-1-2-4-6-8-10-12-14-16-18-32(41)42)36-25-27-19-21-28(22-20-27)34(45)38-29(35(46)47)23-24-31(40)37-26-33(43)44/h27-29H,1-26H2,(H,36,39)(H,37,40)(H,38,45)(H,41,42)(H,43,44)(H,46,47). The van der Waals surface area contributed by atoms with Gasteiger partial charge in [0.2, 0.25) is 17.7 Å². The molecule has 0 aromatic heterocycles. The summed E-state index contributed by atoms with van der Waals surface area (Å²) in [6, 6.07) is -1.22. The van der Waals surface area contributed by atoms with Gasteiger partial charge in [-0.25, -0.2) is 4.79 Å². The molecule has 12 nitrogen and oxygen atoms in total. The van der Waals surface area contributed by atoms with Gasteiger partial charge in [0, 0.05) is 31.7 Å². The number of hydrogen-bond acceptors (Lipinski definition) is 6. The van der Waals surface area contributed by atoms with Crippen LogP contribution in [0.2, 0.25) is 0 Å². The lowest BCUT2D eigenvalue weighted by molar-refractivity contribution is -0.143. The van der Waals surface area contributed by atoms with Crippen molar-refractivity contribution < 1.29 is 44.1 Å².